The Morgan fingerprint density at radius 3 is 2.92 bits per heavy atom. The number of hydrogen-bond acceptors (Lipinski definition) is 3. The second-order valence-corrected chi connectivity index (χ2v) is 4.93. The standard InChI is InChI=1S/C10H19NOS/c1-4-8(2)10(12)9-7-13-6-5-11(9)3/h8-9H,4-7H2,1-3H3. The summed E-state index contributed by atoms with van der Waals surface area (Å²) >= 11 is 1.90. The lowest BCUT2D eigenvalue weighted by atomic mass is 9.97. The SMILES string of the molecule is CCC(C)C(=O)C1CSCCN1C. The van der Waals surface area contributed by atoms with Crippen molar-refractivity contribution in [3.05, 3.63) is 0 Å². The van der Waals surface area contributed by atoms with E-state index < -0.39 is 0 Å². The van der Waals surface area contributed by atoms with Crippen molar-refractivity contribution in [2.24, 2.45) is 5.92 Å². The van der Waals surface area contributed by atoms with Crippen molar-refractivity contribution < 1.29 is 4.79 Å². The minimum atomic E-state index is 0.175. The predicted octanol–water partition coefficient (Wildman–Crippen LogP) is 1.65. The Hall–Kier alpha value is -0.0200. The number of carbonyl (C=O) groups is 1. The van der Waals surface area contributed by atoms with E-state index >= 15 is 0 Å². The minimum absolute atomic E-state index is 0.175. The van der Waals surface area contributed by atoms with E-state index in [1.807, 2.05) is 18.7 Å². The summed E-state index contributed by atoms with van der Waals surface area (Å²) in [5.41, 5.74) is 0. The minimum Gasteiger partial charge on any atom is -0.298 e. The van der Waals surface area contributed by atoms with E-state index in [0.717, 1.165) is 18.7 Å². The first-order valence-corrected chi connectivity index (χ1v) is 6.14. The molecule has 1 aliphatic rings. The zero-order valence-corrected chi connectivity index (χ0v) is 9.56. The molecule has 1 heterocycles. The van der Waals surface area contributed by atoms with Gasteiger partial charge in [0, 0.05) is 24.0 Å². The summed E-state index contributed by atoms with van der Waals surface area (Å²) in [6, 6.07) is 0.175. The van der Waals surface area contributed by atoms with E-state index in [2.05, 4.69) is 18.9 Å². The number of thioether (sulfide) groups is 1. The maximum Gasteiger partial charge on any atom is 0.153 e. The predicted molar refractivity (Wildman–Crippen MR) is 58.2 cm³/mol. The van der Waals surface area contributed by atoms with Crippen LogP contribution in [0.15, 0.2) is 0 Å². The van der Waals surface area contributed by atoms with E-state index in [0.29, 0.717) is 5.78 Å². The largest absolute Gasteiger partial charge is 0.298 e. The van der Waals surface area contributed by atoms with Crippen LogP contribution in [0.1, 0.15) is 20.3 Å². The summed E-state index contributed by atoms with van der Waals surface area (Å²) in [7, 11) is 2.06. The van der Waals surface area contributed by atoms with E-state index in [4.69, 9.17) is 0 Å². The van der Waals surface area contributed by atoms with E-state index in [1.165, 1.54) is 5.75 Å². The normalized spacial score (nSPS) is 27.2. The Labute approximate surface area is 85.1 Å². The molecule has 0 aromatic carbocycles. The number of carbonyl (C=O) groups excluding carboxylic acids is 1. The number of nitrogens with zero attached hydrogens (tertiary/aromatic N) is 1. The lowest BCUT2D eigenvalue weighted by Gasteiger charge is -2.32. The zero-order valence-electron chi connectivity index (χ0n) is 8.75. The first-order valence-electron chi connectivity index (χ1n) is 4.98. The lowest BCUT2D eigenvalue weighted by molar-refractivity contribution is -0.126. The van der Waals surface area contributed by atoms with E-state index in [9.17, 15) is 4.79 Å². The van der Waals surface area contributed by atoms with Crippen LogP contribution in [0.25, 0.3) is 0 Å². The van der Waals surface area contributed by atoms with Gasteiger partial charge in [-0.1, -0.05) is 13.8 Å². The van der Waals surface area contributed by atoms with Crippen molar-refractivity contribution in [1.82, 2.24) is 4.90 Å². The third-order valence-corrected chi connectivity index (χ3v) is 3.85. The lowest BCUT2D eigenvalue weighted by Crippen LogP contribution is -2.46. The molecule has 0 aliphatic carbocycles. The maximum absolute atomic E-state index is 11.9. The molecule has 0 bridgehead atoms. The molecule has 76 valence electrons. The van der Waals surface area contributed by atoms with Gasteiger partial charge in [-0.25, -0.2) is 0 Å². The van der Waals surface area contributed by atoms with Gasteiger partial charge in [0.1, 0.15) is 0 Å². The summed E-state index contributed by atoms with van der Waals surface area (Å²) in [5.74, 6) is 2.81. The van der Waals surface area contributed by atoms with Crippen LogP contribution in [0, 0.1) is 5.92 Å². The smallest absolute Gasteiger partial charge is 0.153 e. The average Bonchev–Trinajstić information content (AvgIpc) is 2.16. The number of hydrogen-bond donors (Lipinski definition) is 0. The first kappa shape index (κ1) is 11.1. The van der Waals surface area contributed by atoms with Crippen LogP contribution in [-0.2, 0) is 4.79 Å². The summed E-state index contributed by atoms with van der Waals surface area (Å²) in [6.45, 7) is 5.17. The number of likely N-dealkylation sites (N-methyl/N-ethyl adjacent to an activating group) is 1. The molecule has 2 unspecified atom stereocenters. The fourth-order valence-electron chi connectivity index (χ4n) is 1.52. The third-order valence-electron chi connectivity index (χ3n) is 2.82. The van der Waals surface area contributed by atoms with Gasteiger partial charge >= 0.3 is 0 Å². The number of rotatable bonds is 3. The molecule has 2 nitrogen and oxygen atoms in total. The molecule has 0 saturated carbocycles. The van der Waals surface area contributed by atoms with Crippen LogP contribution in [0.5, 0.6) is 0 Å². The summed E-state index contributed by atoms with van der Waals surface area (Å²) in [5, 5.41) is 0. The van der Waals surface area contributed by atoms with Crippen LogP contribution in [-0.4, -0.2) is 41.8 Å². The van der Waals surface area contributed by atoms with Crippen molar-refractivity contribution in [2.75, 3.05) is 25.1 Å². The van der Waals surface area contributed by atoms with Crippen LogP contribution >= 0.6 is 11.8 Å². The van der Waals surface area contributed by atoms with Crippen molar-refractivity contribution in [3.63, 3.8) is 0 Å². The molecule has 3 heteroatoms. The Balaban J connectivity index is 2.53. The van der Waals surface area contributed by atoms with Gasteiger partial charge in [0.25, 0.3) is 0 Å². The van der Waals surface area contributed by atoms with Crippen LogP contribution in [0.2, 0.25) is 0 Å². The molecule has 1 aliphatic heterocycles. The molecule has 1 fully saturated rings. The molecule has 1 saturated heterocycles. The Morgan fingerprint density at radius 1 is 1.69 bits per heavy atom. The van der Waals surface area contributed by atoms with Crippen molar-refractivity contribution in [1.29, 1.82) is 0 Å². The quantitative estimate of drug-likeness (QED) is 0.692. The number of Topliss-reactive ketones (excluding diaryl/α,β-unsaturated/α-hetero) is 1. The fourth-order valence-corrected chi connectivity index (χ4v) is 2.74. The fraction of sp³-hybridized carbons (Fsp3) is 0.900. The average molecular weight is 201 g/mol. The zero-order chi connectivity index (χ0) is 9.84. The van der Waals surface area contributed by atoms with Gasteiger partial charge in [-0.3, -0.25) is 9.69 Å². The summed E-state index contributed by atoms with van der Waals surface area (Å²) in [6.07, 6.45) is 0.966. The molecule has 0 aromatic rings. The van der Waals surface area contributed by atoms with Crippen molar-refractivity contribution in [2.45, 2.75) is 26.3 Å². The molecule has 1 rings (SSSR count). The Kier molecular flexibility index (Phi) is 4.26. The highest BCUT2D eigenvalue weighted by Crippen LogP contribution is 2.19. The molecular weight excluding hydrogens is 182 g/mol. The van der Waals surface area contributed by atoms with Gasteiger partial charge in [-0.2, -0.15) is 11.8 Å². The highest BCUT2D eigenvalue weighted by molar-refractivity contribution is 7.99. The van der Waals surface area contributed by atoms with Crippen LogP contribution in [0.4, 0.5) is 0 Å². The highest BCUT2D eigenvalue weighted by atomic mass is 32.2. The van der Waals surface area contributed by atoms with Gasteiger partial charge in [0.15, 0.2) is 5.78 Å². The second kappa shape index (κ2) is 5.01. The first-order chi connectivity index (χ1) is 6.16. The molecule has 0 N–H and O–H groups in total. The molecule has 0 amide bonds. The molecular formula is C10H19NOS. The molecule has 0 spiro atoms. The van der Waals surface area contributed by atoms with Gasteiger partial charge in [0.2, 0.25) is 0 Å². The monoisotopic (exact) mass is 201 g/mol. The van der Waals surface area contributed by atoms with Crippen LogP contribution in [0.3, 0.4) is 0 Å². The highest BCUT2D eigenvalue weighted by Gasteiger charge is 2.28. The second-order valence-electron chi connectivity index (χ2n) is 3.78. The van der Waals surface area contributed by atoms with Gasteiger partial charge in [-0.05, 0) is 13.5 Å². The van der Waals surface area contributed by atoms with Crippen molar-refractivity contribution >= 4 is 17.5 Å². The van der Waals surface area contributed by atoms with Gasteiger partial charge in [0.05, 0.1) is 6.04 Å². The van der Waals surface area contributed by atoms with Crippen LogP contribution < -0.4 is 0 Å². The summed E-state index contributed by atoms with van der Waals surface area (Å²) in [4.78, 5) is 14.1. The van der Waals surface area contributed by atoms with E-state index in [1.54, 1.807) is 0 Å². The topological polar surface area (TPSA) is 20.3 Å². The Bertz CT molecular complexity index is 184. The third kappa shape index (κ3) is 2.71. The maximum atomic E-state index is 11.9. The van der Waals surface area contributed by atoms with E-state index in [-0.39, 0.29) is 12.0 Å². The van der Waals surface area contributed by atoms with Gasteiger partial charge in [-0.15, -0.1) is 0 Å². The van der Waals surface area contributed by atoms with Gasteiger partial charge < -0.3 is 0 Å². The Morgan fingerprint density at radius 2 is 2.38 bits per heavy atom. The molecule has 0 aromatic heterocycles. The molecule has 0 radical (unpaired) electrons. The molecule has 13 heavy (non-hydrogen) atoms. The summed E-state index contributed by atoms with van der Waals surface area (Å²) < 4.78 is 0. The molecule has 2 atom stereocenters. The number of ketones is 1. The van der Waals surface area contributed by atoms with Crippen molar-refractivity contribution in [3.8, 4) is 0 Å².